The first-order valence-corrected chi connectivity index (χ1v) is 13.3. The predicted molar refractivity (Wildman–Crippen MR) is 155 cm³/mol. The van der Waals surface area contributed by atoms with Gasteiger partial charge in [-0.3, -0.25) is 0 Å². The van der Waals surface area contributed by atoms with Gasteiger partial charge in [0.05, 0.1) is 32.5 Å². The van der Waals surface area contributed by atoms with Crippen LogP contribution in [0.15, 0.2) is 59.5 Å². The van der Waals surface area contributed by atoms with Gasteiger partial charge in [-0.25, -0.2) is 4.42 Å². The molecular weight excluding hydrogens is 580 g/mol. The third-order valence-corrected chi connectivity index (χ3v) is 7.08. The van der Waals surface area contributed by atoms with Gasteiger partial charge >= 0.3 is 11.3 Å². The number of hydrogen-bond donors (Lipinski definition) is 7. The summed E-state index contributed by atoms with van der Waals surface area (Å²) in [5.74, 6) is -1.50. The molecule has 2 heterocycles. The second-order valence-corrected chi connectivity index (χ2v) is 9.85. The average molecular weight is 612 g/mol. The monoisotopic (exact) mass is 611 g/mol. The molecule has 3 aromatic carbocycles. The van der Waals surface area contributed by atoms with Crippen LogP contribution < -0.4 is 18.9 Å². The van der Waals surface area contributed by atoms with Crippen molar-refractivity contribution in [1.82, 2.24) is 0 Å². The highest BCUT2D eigenvalue weighted by atomic mass is 16.7. The lowest BCUT2D eigenvalue weighted by Gasteiger charge is -2.39. The molecule has 7 N–H and O–H groups in total. The summed E-state index contributed by atoms with van der Waals surface area (Å²) >= 11 is 0. The van der Waals surface area contributed by atoms with Gasteiger partial charge in [-0.1, -0.05) is 24.8 Å². The molecule has 1 aliphatic heterocycles. The molecule has 0 bridgehead atoms. The van der Waals surface area contributed by atoms with Crippen LogP contribution in [0.4, 0.5) is 0 Å². The molecule has 1 fully saturated rings. The molecule has 0 radical (unpaired) electrons. The van der Waals surface area contributed by atoms with Gasteiger partial charge in [0, 0.05) is 18.2 Å². The van der Waals surface area contributed by atoms with Crippen LogP contribution in [0.2, 0.25) is 0 Å². The molecule has 5 atom stereocenters. The topological polar surface area (TPSA) is 199 Å². The van der Waals surface area contributed by atoms with Gasteiger partial charge in [-0.05, 0) is 17.7 Å². The molecule has 0 saturated carbocycles. The zero-order valence-corrected chi connectivity index (χ0v) is 23.6. The lowest BCUT2D eigenvalue weighted by Crippen LogP contribution is -2.60. The van der Waals surface area contributed by atoms with Crippen molar-refractivity contribution in [3.8, 4) is 57.3 Å². The number of phenolic OH excluding ortho intramolecular Hbond substituents is 3. The molecule has 0 amide bonds. The Labute approximate surface area is 250 Å². The first kappa shape index (κ1) is 30.7. The third-order valence-electron chi connectivity index (χ3n) is 7.08. The maximum absolute atomic E-state index is 11.0. The maximum Gasteiger partial charge on any atom is 0.406 e. The van der Waals surface area contributed by atoms with Crippen LogP contribution in [-0.4, -0.2) is 87.3 Å². The van der Waals surface area contributed by atoms with Gasteiger partial charge < -0.3 is 59.4 Å². The molecule has 4 aromatic rings. The minimum absolute atomic E-state index is 0.0188. The van der Waals surface area contributed by atoms with Crippen LogP contribution in [0.3, 0.4) is 0 Å². The molecule has 1 saturated heterocycles. The van der Waals surface area contributed by atoms with Crippen molar-refractivity contribution in [3.63, 3.8) is 0 Å². The van der Waals surface area contributed by atoms with Gasteiger partial charge in [0.25, 0.3) is 5.75 Å². The highest BCUT2D eigenvalue weighted by Crippen LogP contribution is 2.52. The fraction of sp³-hybridized carbons (Fsp3) is 0.258. The molecule has 0 spiro atoms. The minimum atomic E-state index is -1.83. The van der Waals surface area contributed by atoms with Crippen LogP contribution >= 0.6 is 0 Å². The SMILES string of the molecule is C=Cc1ccc(Oc2c(O[C@@H]3O[C@H](CO)[C@@H](O)[C@H](O)[C@H]3O)c(-c3cc(OC)c(O)c(OC)c3)[o+]c3cc(O)cc(O)c23)cc1. The summed E-state index contributed by atoms with van der Waals surface area (Å²) < 4.78 is 34.7. The number of aliphatic hydroxyl groups excluding tert-OH is 4. The number of phenols is 3. The van der Waals surface area contributed by atoms with Crippen molar-refractivity contribution in [2.75, 3.05) is 20.8 Å². The zero-order chi connectivity index (χ0) is 31.7. The predicted octanol–water partition coefficient (Wildman–Crippen LogP) is 3.13. The lowest BCUT2D eigenvalue weighted by atomic mass is 9.99. The Kier molecular flexibility index (Phi) is 8.67. The number of rotatable bonds is 9. The van der Waals surface area contributed by atoms with Gasteiger partial charge in [0.2, 0.25) is 12.0 Å². The molecule has 0 aliphatic carbocycles. The van der Waals surface area contributed by atoms with E-state index < -0.39 is 43.1 Å². The first-order chi connectivity index (χ1) is 21.1. The molecule has 5 rings (SSSR count). The molecule has 13 heteroatoms. The Morgan fingerprint density at radius 3 is 2.14 bits per heavy atom. The Balaban J connectivity index is 1.81. The summed E-state index contributed by atoms with van der Waals surface area (Å²) in [6, 6.07) is 11.7. The summed E-state index contributed by atoms with van der Waals surface area (Å²) in [6.07, 6.45) is -6.65. The molecule has 0 unspecified atom stereocenters. The van der Waals surface area contributed by atoms with E-state index in [2.05, 4.69) is 6.58 Å². The highest BCUT2D eigenvalue weighted by Gasteiger charge is 2.46. The van der Waals surface area contributed by atoms with Gasteiger partial charge in [-0.2, -0.15) is 0 Å². The number of aromatic hydroxyl groups is 3. The van der Waals surface area contributed by atoms with E-state index in [1.54, 1.807) is 30.3 Å². The van der Waals surface area contributed by atoms with Crippen molar-refractivity contribution in [1.29, 1.82) is 0 Å². The standard InChI is InChI=1S/C31H30O13/c1-4-14-5-7-17(8-6-14)41-29-23-18(34)11-16(33)12-19(23)42-28(15-9-20(39-2)24(35)21(10-15)40-3)30(29)44-31-27(38)26(37)25(36)22(13-32)43-31/h4-12,22,25-27,31-32,36-38H,1,13H2,2-3H3,(H2-,33,34,35)/p+1/t22-,25-,26+,27-,31+/m1/s1. The number of hydrogen-bond acceptors (Lipinski definition) is 12. The third kappa shape index (κ3) is 5.62. The Morgan fingerprint density at radius 1 is 0.886 bits per heavy atom. The van der Waals surface area contributed by atoms with E-state index in [1.165, 1.54) is 32.4 Å². The fourth-order valence-electron chi connectivity index (χ4n) is 4.76. The largest absolute Gasteiger partial charge is 0.507 e. The van der Waals surface area contributed by atoms with Crippen molar-refractivity contribution in [3.05, 3.63) is 60.7 Å². The summed E-state index contributed by atoms with van der Waals surface area (Å²) in [4.78, 5) is 0. The molecule has 13 nitrogen and oxygen atoms in total. The summed E-state index contributed by atoms with van der Waals surface area (Å²) in [6.45, 7) is 3.02. The van der Waals surface area contributed by atoms with Gasteiger partial charge in [-0.15, -0.1) is 0 Å². The van der Waals surface area contributed by atoms with Crippen LogP contribution in [0.1, 0.15) is 5.56 Å². The van der Waals surface area contributed by atoms with Crippen LogP contribution in [-0.2, 0) is 4.74 Å². The smallest absolute Gasteiger partial charge is 0.406 e. The Bertz CT molecular complexity index is 1640. The quantitative estimate of drug-likeness (QED) is 0.136. The molecular formula is C31H31O13+. The Morgan fingerprint density at radius 2 is 1.55 bits per heavy atom. The number of fused-ring (bicyclic) bond motifs is 1. The van der Waals surface area contributed by atoms with Gasteiger partial charge in [0.1, 0.15) is 41.7 Å². The molecule has 232 valence electrons. The normalized spacial score (nSPS) is 21.5. The van der Waals surface area contributed by atoms with Crippen molar-refractivity contribution in [2.24, 2.45) is 0 Å². The van der Waals surface area contributed by atoms with E-state index >= 15 is 0 Å². The number of ether oxygens (including phenoxy) is 5. The second kappa shape index (κ2) is 12.4. The second-order valence-electron chi connectivity index (χ2n) is 9.85. The van der Waals surface area contributed by atoms with E-state index in [0.29, 0.717) is 0 Å². The van der Waals surface area contributed by atoms with Crippen LogP contribution in [0.5, 0.6) is 46.0 Å². The van der Waals surface area contributed by atoms with Crippen molar-refractivity contribution in [2.45, 2.75) is 30.7 Å². The van der Waals surface area contributed by atoms with Gasteiger partial charge in [0.15, 0.2) is 22.6 Å². The van der Waals surface area contributed by atoms with E-state index in [-0.39, 0.29) is 62.5 Å². The number of benzene rings is 3. The van der Waals surface area contributed by atoms with Crippen LogP contribution in [0.25, 0.3) is 28.4 Å². The fourth-order valence-corrected chi connectivity index (χ4v) is 4.76. The molecule has 1 aliphatic rings. The number of aliphatic hydroxyl groups is 4. The van der Waals surface area contributed by atoms with Crippen molar-refractivity contribution >= 4 is 17.0 Å². The van der Waals surface area contributed by atoms with E-state index in [0.717, 1.165) is 11.6 Å². The average Bonchev–Trinajstić information content (AvgIpc) is 3.02. The van der Waals surface area contributed by atoms with E-state index in [9.17, 15) is 35.7 Å². The molecule has 1 aromatic heterocycles. The zero-order valence-electron chi connectivity index (χ0n) is 23.6. The maximum atomic E-state index is 11.0. The summed E-state index contributed by atoms with van der Waals surface area (Å²) in [7, 11) is 2.64. The lowest BCUT2D eigenvalue weighted by molar-refractivity contribution is -0.277. The van der Waals surface area contributed by atoms with E-state index in [4.69, 9.17) is 28.1 Å². The van der Waals surface area contributed by atoms with E-state index in [1.807, 2.05) is 0 Å². The number of methoxy groups -OCH3 is 2. The van der Waals surface area contributed by atoms with Crippen LogP contribution in [0, 0.1) is 0 Å². The summed E-state index contributed by atoms with van der Waals surface area (Å²) in [5, 5.41) is 73.0. The highest BCUT2D eigenvalue weighted by molar-refractivity contribution is 5.96. The Hall–Kier alpha value is -4.79. The van der Waals surface area contributed by atoms with Crippen molar-refractivity contribution < 1.29 is 63.8 Å². The first-order valence-electron chi connectivity index (χ1n) is 13.3. The minimum Gasteiger partial charge on any atom is -0.507 e. The summed E-state index contributed by atoms with van der Waals surface area (Å²) in [5.41, 5.74) is 0.898. The molecule has 44 heavy (non-hydrogen) atoms.